The summed E-state index contributed by atoms with van der Waals surface area (Å²) >= 11 is 37.3. The second-order valence-electron chi connectivity index (χ2n) is 15.8. The van der Waals surface area contributed by atoms with Gasteiger partial charge >= 0.3 is 0 Å². The summed E-state index contributed by atoms with van der Waals surface area (Å²) in [6.45, 7) is 12.6. The molecular formula is C42H48Cl6O2Si. The minimum atomic E-state index is -1.76. The van der Waals surface area contributed by atoms with E-state index in [-0.39, 0.29) is 11.6 Å². The lowest BCUT2D eigenvalue weighted by atomic mass is 9.84. The second kappa shape index (κ2) is 17.5. The molecule has 6 atom stereocenters. The molecule has 2 nitrogen and oxygen atoms in total. The second-order valence-corrected chi connectivity index (χ2v) is 23.2. The predicted octanol–water partition coefficient (Wildman–Crippen LogP) is 14.9. The lowest BCUT2D eigenvalue weighted by molar-refractivity contribution is 0.228. The van der Waals surface area contributed by atoms with Gasteiger partial charge in [-0.3, -0.25) is 0 Å². The molecule has 6 rings (SSSR count). The van der Waals surface area contributed by atoms with Crippen LogP contribution in [-0.4, -0.2) is 26.6 Å². The molecule has 0 radical (unpaired) electrons. The molecule has 2 unspecified atom stereocenters. The Morgan fingerprint density at radius 2 is 0.941 bits per heavy atom. The number of aliphatic hydroxyl groups excluding tert-OH is 1. The van der Waals surface area contributed by atoms with Crippen molar-refractivity contribution in [3.63, 3.8) is 0 Å². The van der Waals surface area contributed by atoms with Gasteiger partial charge in [-0.15, -0.1) is 0 Å². The zero-order valence-corrected chi connectivity index (χ0v) is 35.4. The SMILES string of the molecule is CC(C)(C)[Si](C)(C)OCC1C[C@H](c2ccc(Cl)cc2)[C@H](c2ccc(Cl)cc2Cl)C1.OCC1C[C@H](c2ccc(Cl)cc2)[C@H](c2ccc(Cl)cc2Cl)C1. The van der Waals surface area contributed by atoms with Gasteiger partial charge < -0.3 is 9.53 Å². The normalized spacial score (nSPS) is 23.6. The van der Waals surface area contributed by atoms with Crippen LogP contribution in [0.25, 0.3) is 0 Å². The van der Waals surface area contributed by atoms with Crippen molar-refractivity contribution in [2.45, 2.75) is 88.3 Å². The summed E-state index contributed by atoms with van der Waals surface area (Å²) in [6.07, 6.45) is 4.07. The van der Waals surface area contributed by atoms with Crippen molar-refractivity contribution in [2.75, 3.05) is 13.2 Å². The molecule has 0 amide bonds. The summed E-state index contributed by atoms with van der Waals surface area (Å²) in [5, 5.41) is 14.1. The Kier molecular flexibility index (Phi) is 14.0. The van der Waals surface area contributed by atoms with Crippen LogP contribution in [0.15, 0.2) is 84.9 Å². The maximum absolute atomic E-state index is 9.58. The van der Waals surface area contributed by atoms with Crippen LogP contribution in [0, 0.1) is 11.8 Å². The Hall–Kier alpha value is -1.24. The fourth-order valence-corrected chi connectivity index (χ4v) is 10.00. The van der Waals surface area contributed by atoms with Crippen LogP contribution in [0.5, 0.6) is 0 Å². The number of benzene rings is 4. The smallest absolute Gasteiger partial charge is 0.191 e. The van der Waals surface area contributed by atoms with Crippen LogP contribution in [0.4, 0.5) is 0 Å². The van der Waals surface area contributed by atoms with Gasteiger partial charge in [0.1, 0.15) is 0 Å². The number of aliphatic hydroxyl groups is 1. The van der Waals surface area contributed by atoms with Gasteiger partial charge in [-0.1, -0.05) is 127 Å². The summed E-state index contributed by atoms with van der Waals surface area (Å²) in [7, 11) is -1.76. The first-order valence-corrected chi connectivity index (χ1v) is 22.9. The molecule has 0 saturated heterocycles. The van der Waals surface area contributed by atoms with E-state index < -0.39 is 8.32 Å². The number of halogens is 6. The molecule has 2 saturated carbocycles. The van der Waals surface area contributed by atoms with E-state index in [0.717, 1.165) is 52.9 Å². The molecule has 274 valence electrons. The maximum atomic E-state index is 9.58. The van der Waals surface area contributed by atoms with Gasteiger partial charge in [0.15, 0.2) is 8.32 Å². The Morgan fingerprint density at radius 1 is 0.569 bits per heavy atom. The van der Waals surface area contributed by atoms with Crippen molar-refractivity contribution in [3.05, 3.63) is 137 Å². The fraction of sp³-hybridized carbons (Fsp3) is 0.429. The highest BCUT2D eigenvalue weighted by Gasteiger charge is 2.41. The lowest BCUT2D eigenvalue weighted by Gasteiger charge is -2.37. The minimum absolute atomic E-state index is 0.214. The van der Waals surface area contributed by atoms with Crippen molar-refractivity contribution in [2.24, 2.45) is 11.8 Å². The molecule has 2 fully saturated rings. The first-order valence-electron chi connectivity index (χ1n) is 17.7. The Bertz CT molecular complexity index is 1760. The van der Waals surface area contributed by atoms with Crippen LogP contribution in [0.1, 0.15) is 92.4 Å². The van der Waals surface area contributed by atoms with Gasteiger partial charge in [-0.2, -0.15) is 0 Å². The van der Waals surface area contributed by atoms with E-state index >= 15 is 0 Å². The summed E-state index contributed by atoms with van der Waals surface area (Å²) in [5.41, 5.74) is 4.87. The first-order chi connectivity index (χ1) is 24.1. The molecular weight excluding hydrogens is 777 g/mol. The Morgan fingerprint density at radius 3 is 1.33 bits per heavy atom. The summed E-state index contributed by atoms with van der Waals surface area (Å²) < 4.78 is 6.58. The quantitative estimate of drug-likeness (QED) is 0.179. The average Bonchev–Trinajstić information content (AvgIpc) is 3.69. The molecule has 2 aliphatic rings. The number of hydrogen-bond acceptors (Lipinski definition) is 2. The van der Waals surface area contributed by atoms with Crippen molar-refractivity contribution in [1.29, 1.82) is 0 Å². The highest BCUT2D eigenvalue weighted by molar-refractivity contribution is 6.74. The Balaban J connectivity index is 0.000000205. The Labute approximate surface area is 335 Å². The van der Waals surface area contributed by atoms with Crippen LogP contribution in [0.2, 0.25) is 48.3 Å². The van der Waals surface area contributed by atoms with Gasteiger partial charge in [0.2, 0.25) is 0 Å². The van der Waals surface area contributed by atoms with E-state index in [2.05, 4.69) is 64.2 Å². The van der Waals surface area contributed by atoms with Crippen LogP contribution in [-0.2, 0) is 4.43 Å². The molecule has 0 bridgehead atoms. The zero-order chi connectivity index (χ0) is 37.1. The zero-order valence-electron chi connectivity index (χ0n) is 29.9. The molecule has 4 aromatic rings. The monoisotopic (exact) mass is 822 g/mol. The third kappa shape index (κ3) is 10.3. The third-order valence-corrected chi connectivity index (χ3v) is 17.5. The summed E-state index contributed by atoms with van der Waals surface area (Å²) in [6, 6.07) is 27.8. The number of hydrogen-bond donors (Lipinski definition) is 1. The summed E-state index contributed by atoms with van der Waals surface area (Å²) in [5.74, 6) is 2.21. The maximum Gasteiger partial charge on any atom is 0.191 e. The van der Waals surface area contributed by atoms with E-state index in [1.165, 1.54) is 16.7 Å². The fourth-order valence-electron chi connectivity index (χ4n) is 7.56. The van der Waals surface area contributed by atoms with E-state index in [9.17, 15) is 5.11 Å². The molecule has 1 N–H and O–H groups in total. The molecule has 51 heavy (non-hydrogen) atoms. The highest BCUT2D eigenvalue weighted by Crippen LogP contribution is 2.52. The van der Waals surface area contributed by atoms with Crippen molar-refractivity contribution >= 4 is 77.9 Å². The van der Waals surface area contributed by atoms with Crippen molar-refractivity contribution < 1.29 is 9.53 Å². The van der Waals surface area contributed by atoms with E-state index in [1.807, 2.05) is 48.5 Å². The van der Waals surface area contributed by atoms with Gasteiger partial charge in [0.05, 0.1) is 0 Å². The summed E-state index contributed by atoms with van der Waals surface area (Å²) in [4.78, 5) is 0. The molecule has 0 spiro atoms. The van der Waals surface area contributed by atoms with Crippen LogP contribution in [0.3, 0.4) is 0 Å². The standard InChI is InChI=1S/C24H31Cl3OSi.C18H17Cl3O/c1-24(2,3)29(4,5)28-15-16-12-21(17-6-8-18(25)9-7-17)22(13-16)20-11-10-19(26)14-23(20)27;19-13-3-1-12(2-4-13)16-7-11(10-22)8-17(16)15-6-5-14(20)9-18(15)21/h6-11,14,16,21-22H,12-13,15H2,1-5H3;1-6,9,11,16-17,22H,7-8,10H2/t16?,21-,22+;11?,16-,17+/m11/s1. The average molecular weight is 826 g/mol. The van der Waals surface area contributed by atoms with Crippen LogP contribution >= 0.6 is 69.6 Å². The molecule has 9 heteroatoms. The van der Waals surface area contributed by atoms with Crippen molar-refractivity contribution in [1.82, 2.24) is 0 Å². The van der Waals surface area contributed by atoms with E-state index in [0.29, 0.717) is 50.6 Å². The molecule has 0 heterocycles. The molecule has 0 aromatic heterocycles. The van der Waals surface area contributed by atoms with Gasteiger partial charge in [-0.05, 0) is 150 Å². The largest absolute Gasteiger partial charge is 0.417 e. The minimum Gasteiger partial charge on any atom is -0.417 e. The first kappa shape index (κ1) is 40.9. The molecule has 4 aromatic carbocycles. The number of rotatable bonds is 8. The van der Waals surface area contributed by atoms with E-state index in [1.54, 1.807) is 6.07 Å². The van der Waals surface area contributed by atoms with Crippen LogP contribution < -0.4 is 0 Å². The topological polar surface area (TPSA) is 29.5 Å². The van der Waals surface area contributed by atoms with Crippen molar-refractivity contribution in [3.8, 4) is 0 Å². The van der Waals surface area contributed by atoms with Gasteiger partial charge in [0.25, 0.3) is 0 Å². The molecule has 2 aliphatic carbocycles. The highest BCUT2D eigenvalue weighted by atomic mass is 35.5. The molecule has 0 aliphatic heterocycles. The van der Waals surface area contributed by atoms with E-state index in [4.69, 9.17) is 74.0 Å². The third-order valence-electron chi connectivity index (χ3n) is 11.4. The predicted molar refractivity (Wildman–Crippen MR) is 222 cm³/mol. The van der Waals surface area contributed by atoms with Gasteiger partial charge in [-0.25, -0.2) is 0 Å². The van der Waals surface area contributed by atoms with Gasteiger partial charge in [0, 0.05) is 43.3 Å². The lowest BCUT2D eigenvalue weighted by Crippen LogP contribution is -2.41.